The summed E-state index contributed by atoms with van der Waals surface area (Å²) < 4.78 is 5.37. The van der Waals surface area contributed by atoms with E-state index in [2.05, 4.69) is 54.3 Å². The Balaban J connectivity index is 1.95. The molecule has 0 amide bonds. The van der Waals surface area contributed by atoms with Gasteiger partial charge in [0.15, 0.2) is 0 Å². The highest BCUT2D eigenvalue weighted by molar-refractivity contribution is 5.35. The predicted octanol–water partition coefficient (Wildman–Crippen LogP) is 6.12. The first kappa shape index (κ1) is 22.8. The molecule has 2 unspecified atom stereocenters. The maximum absolute atomic E-state index is 12.3. The van der Waals surface area contributed by atoms with Gasteiger partial charge >= 0.3 is 0 Å². The molecule has 2 aromatic rings. The lowest BCUT2D eigenvalue weighted by Crippen LogP contribution is -2.42. The van der Waals surface area contributed by atoms with Gasteiger partial charge in [-0.1, -0.05) is 81.5 Å². The van der Waals surface area contributed by atoms with Crippen molar-refractivity contribution >= 4 is 0 Å². The summed E-state index contributed by atoms with van der Waals surface area (Å²) in [5, 5.41) is 12.3. The smallest absolute Gasteiger partial charge is 0.118 e. The third-order valence-electron chi connectivity index (χ3n) is 6.67. The Morgan fingerprint density at radius 3 is 2.27 bits per heavy atom. The fourth-order valence-corrected chi connectivity index (χ4v) is 4.84. The molecule has 2 aromatic carbocycles. The van der Waals surface area contributed by atoms with Gasteiger partial charge in [-0.15, -0.1) is 0 Å². The maximum Gasteiger partial charge on any atom is 0.118 e. The summed E-state index contributed by atoms with van der Waals surface area (Å²) in [4.78, 5) is 2.56. The van der Waals surface area contributed by atoms with Crippen LogP contribution in [-0.2, 0) is 5.60 Å². The molecular formula is C27H39NO2. The van der Waals surface area contributed by atoms with Crippen molar-refractivity contribution in [3.63, 3.8) is 0 Å². The van der Waals surface area contributed by atoms with Crippen molar-refractivity contribution in [2.24, 2.45) is 0 Å². The maximum atomic E-state index is 12.3. The van der Waals surface area contributed by atoms with Gasteiger partial charge in [-0.25, -0.2) is 0 Å². The summed E-state index contributed by atoms with van der Waals surface area (Å²) in [5.41, 5.74) is 1.35. The molecule has 0 radical (unpaired) electrons. The van der Waals surface area contributed by atoms with Crippen molar-refractivity contribution in [2.45, 2.75) is 69.8 Å². The second-order valence-corrected chi connectivity index (χ2v) is 8.79. The number of likely N-dealkylation sites (tertiary alicyclic amines) is 1. The van der Waals surface area contributed by atoms with E-state index in [4.69, 9.17) is 4.74 Å². The van der Waals surface area contributed by atoms with Crippen LogP contribution >= 0.6 is 0 Å². The Morgan fingerprint density at radius 2 is 1.63 bits per heavy atom. The second-order valence-electron chi connectivity index (χ2n) is 8.79. The molecule has 0 saturated carbocycles. The van der Waals surface area contributed by atoms with Crippen LogP contribution in [0.4, 0.5) is 0 Å². The first-order valence-electron chi connectivity index (χ1n) is 11.8. The number of aliphatic hydroxyl groups is 1. The van der Waals surface area contributed by atoms with E-state index in [1.807, 2.05) is 12.1 Å². The lowest BCUT2D eigenvalue weighted by atomic mass is 9.73. The van der Waals surface area contributed by atoms with E-state index in [1.54, 1.807) is 7.11 Å². The third-order valence-corrected chi connectivity index (χ3v) is 6.67. The molecule has 0 spiro atoms. The van der Waals surface area contributed by atoms with E-state index < -0.39 is 5.60 Å². The Bertz CT molecular complexity index is 724. The lowest BCUT2D eigenvalue weighted by Gasteiger charge is -2.41. The van der Waals surface area contributed by atoms with Gasteiger partial charge in [0, 0.05) is 12.5 Å². The average molecular weight is 410 g/mol. The Hall–Kier alpha value is -1.84. The van der Waals surface area contributed by atoms with E-state index >= 15 is 0 Å². The number of methoxy groups -OCH3 is 1. The van der Waals surface area contributed by atoms with Crippen molar-refractivity contribution in [3.05, 3.63) is 65.7 Å². The minimum Gasteiger partial charge on any atom is -0.497 e. The number of piperidine rings is 1. The van der Waals surface area contributed by atoms with E-state index in [1.165, 1.54) is 44.1 Å². The quantitative estimate of drug-likeness (QED) is 0.454. The molecular weight excluding hydrogens is 370 g/mol. The van der Waals surface area contributed by atoms with E-state index in [0.717, 1.165) is 43.8 Å². The van der Waals surface area contributed by atoms with Gasteiger partial charge in [0.1, 0.15) is 5.75 Å². The van der Waals surface area contributed by atoms with Crippen molar-refractivity contribution in [1.29, 1.82) is 0 Å². The van der Waals surface area contributed by atoms with Crippen molar-refractivity contribution < 1.29 is 9.84 Å². The van der Waals surface area contributed by atoms with Crippen LogP contribution in [0, 0.1) is 0 Å². The van der Waals surface area contributed by atoms with Gasteiger partial charge in [-0.2, -0.15) is 0 Å². The number of nitrogens with zero attached hydrogens (tertiary/aromatic N) is 1. The zero-order valence-corrected chi connectivity index (χ0v) is 18.9. The number of ether oxygens (including phenoxy) is 1. The van der Waals surface area contributed by atoms with Gasteiger partial charge in [-0.05, 0) is 55.6 Å². The largest absolute Gasteiger partial charge is 0.497 e. The highest BCUT2D eigenvalue weighted by atomic mass is 16.5. The zero-order valence-electron chi connectivity index (χ0n) is 18.9. The summed E-state index contributed by atoms with van der Waals surface area (Å²) in [6.45, 7) is 5.41. The van der Waals surface area contributed by atoms with Crippen molar-refractivity contribution in [3.8, 4) is 5.75 Å². The first-order valence-corrected chi connectivity index (χ1v) is 11.8. The molecule has 0 bridgehead atoms. The van der Waals surface area contributed by atoms with Gasteiger partial charge < -0.3 is 14.7 Å². The van der Waals surface area contributed by atoms with Crippen molar-refractivity contribution in [1.82, 2.24) is 4.90 Å². The molecule has 0 aromatic heterocycles. The highest BCUT2D eigenvalue weighted by Crippen LogP contribution is 2.42. The molecule has 3 rings (SSSR count). The number of hydrogen-bond acceptors (Lipinski definition) is 3. The van der Waals surface area contributed by atoms with E-state index in [-0.39, 0.29) is 5.92 Å². The summed E-state index contributed by atoms with van der Waals surface area (Å²) in [5.74, 6) is 0.881. The molecule has 1 heterocycles. The normalized spacial score (nSPS) is 18.0. The van der Waals surface area contributed by atoms with Crippen LogP contribution in [0.25, 0.3) is 0 Å². The molecule has 2 atom stereocenters. The minimum absolute atomic E-state index is 0.0480. The van der Waals surface area contributed by atoms with Crippen LogP contribution in [0.15, 0.2) is 54.6 Å². The van der Waals surface area contributed by atoms with Crippen LogP contribution in [0.2, 0.25) is 0 Å². The lowest BCUT2D eigenvalue weighted by molar-refractivity contribution is -0.0167. The molecule has 1 aliphatic rings. The summed E-state index contributed by atoms with van der Waals surface area (Å²) >= 11 is 0. The third kappa shape index (κ3) is 5.86. The molecule has 164 valence electrons. The molecule has 1 aliphatic heterocycles. The first-order chi connectivity index (χ1) is 14.7. The second kappa shape index (κ2) is 11.5. The van der Waals surface area contributed by atoms with Crippen LogP contribution in [0.3, 0.4) is 0 Å². The number of rotatable bonds is 11. The fourth-order valence-electron chi connectivity index (χ4n) is 4.84. The topological polar surface area (TPSA) is 32.7 Å². The monoisotopic (exact) mass is 409 g/mol. The molecule has 0 aliphatic carbocycles. The number of unbranched alkanes of at least 4 members (excludes halogenated alkanes) is 3. The fraction of sp³-hybridized carbons (Fsp3) is 0.556. The Labute approximate surface area is 183 Å². The molecule has 1 saturated heterocycles. The molecule has 3 heteroatoms. The van der Waals surface area contributed by atoms with Gasteiger partial charge in [0.2, 0.25) is 0 Å². The molecule has 1 fully saturated rings. The SMILES string of the molecule is CCCCCCC(O)(c1ccc(OC)cc1)C(CN1CCCCC1)c1ccccc1. The number of hydrogen-bond donors (Lipinski definition) is 1. The average Bonchev–Trinajstić information content (AvgIpc) is 2.81. The summed E-state index contributed by atoms with van der Waals surface area (Å²) in [6.07, 6.45) is 9.27. The zero-order chi connectivity index (χ0) is 21.2. The highest BCUT2D eigenvalue weighted by Gasteiger charge is 2.40. The van der Waals surface area contributed by atoms with Gasteiger partial charge in [0.05, 0.1) is 12.7 Å². The predicted molar refractivity (Wildman–Crippen MR) is 125 cm³/mol. The van der Waals surface area contributed by atoms with Crippen LogP contribution in [0.5, 0.6) is 5.75 Å². The Kier molecular flexibility index (Phi) is 8.77. The molecule has 30 heavy (non-hydrogen) atoms. The van der Waals surface area contributed by atoms with Gasteiger partial charge in [-0.3, -0.25) is 0 Å². The van der Waals surface area contributed by atoms with E-state index in [0.29, 0.717) is 0 Å². The molecule has 1 N–H and O–H groups in total. The summed E-state index contributed by atoms with van der Waals surface area (Å²) in [7, 11) is 1.69. The van der Waals surface area contributed by atoms with Crippen LogP contribution in [-0.4, -0.2) is 36.8 Å². The van der Waals surface area contributed by atoms with Crippen LogP contribution in [0.1, 0.15) is 75.3 Å². The molecule has 3 nitrogen and oxygen atoms in total. The number of benzene rings is 2. The summed E-state index contributed by atoms with van der Waals surface area (Å²) in [6, 6.07) is 18.7. The van der Waals surface area contributed by atoms with Crippen molar-refractivity contribution in [2.75, 3.05) is 26.7 Å². The van der Waals surface area contributed by atoms with Gasteiger partial charge in [0.25, 0.3) is 0 Å². The van der Waals surface area contributed by atoms with E-state index in [9.17, 15) is 5.11 Å². The minimum atomic E-state index is -0.890. The standard InChI is InChI=1S/C27H39NO2/c1-3-4-5-10-19-27(29,24-15-17-25(30-2)18-16-24)26(23-13-8-6-9-14-23)22-28-20-11-7-12-21-28/h6,8-9,13-18,26,29H,3-5,7,10-12,19-22H2,1-2H3. The Morgan fingerprint density at radius 1 is 0.933 bits per heavy atom. The van der Waals surface area contributed by atoms with Crippen LogP contribution < -0.4 is 4.74 Å².